The van der Waals surface area contributed by atoms with E-state index in [0.29, 0.717) is 6.42 Å². The zero-order valence-corrected chi connectivity index (χ0v) is 10.7. The quantitative estimate of drug-likeness (QED) is 0.541. The summed E-state index contributed by atoms with van der Waals surface area (Å²) in [5.41, 5.74) is -1.73. The van der Waals surface area contributed by atoms with Crippen LogP contribution in [0.25, 0.3) is 0 Å². The molecule has 0 radical (unpaired) electrons. The maximum Gasteiger partial charge on any atom is 0.343 e. The Morgan fingerprint density at radius 3 is 1.88 bits per heavy atom. The van der Waals surface area contributed by atoms with Gasteiger partial charge in [0.05, 0.1) is 14.2 Å². The molecule has 0 saturated heterocycles. The smallest absolute Gasteiger partial charge is 0.343 e. The van der Waals surface area contributed by atoms with E-state index in [2.05, 4.69) is 14.8 Å². The topological polar surface area (TPSA) is 81.7 Å². The molecule has 6 heteroatoms. The molecule has 0 aliphatic carbocycles. The summed E-state index contributed by atoms with van der Waals surface area (Å²) in [6, 6.07) is 0. The van der Waals surface area contributed by atoms with Crippen LogP contribution in [-0.4, -0.2) is 37.6 Å². The normalized spacial score (nSPS) is 10.6. The van der Waals surface area contributed by atoms with Gasteiger partial charge in [0.15, 0.2) is 0 Å². The van der Waals surface area contributed by atoms with Gasteiger partial charge in [-0.3, -0.25) is 4.79 Å². The highest BCUT2D eigenvalue weighted by Gasteiger charge is 2.48. The van der Waals surface area contributed by atoms with Crippen molar-refractivity contribution in [2.75, 3.05) is 14.2 Å². The minimum Gasteiger partial charge on any atom is -0.467 e. The molecule has 0 heterocycles. The summed E-state index contributed by atoms with van der Waals surface area (Å²) in [5.74, 6) is -2.11. The number of hydrogen-bond acceptors (Lipinski definition) is 5. The molecule has 0 bridgehead atoms. The van der Waals surface area contributed by atoms with E-state index in [0.717, 1.165) is 20.6 Å². The van der Waals surface area contributed by atoms with Crippen LogP contribution in [0.4, 0.5) is 0 Å². The van der Waals surface area contributed by atoms with Gasteiger partial charge in [-0.2, -0.15) is 0 Å². The summed E-state index contributed by atoms with van der Waals surface area (Å²) in [7, 11) is 2.32. The van der Waals surface area contributed by atoms with Gasteiger partial charge in [0, 0.05) is 6.92 Å². The van der Waals surface area contributed by atoms with Crippen molar-refractivity contribution in [3.05, 3.63) is 0 Å². The second kappa shape index (κ2) is 6.88. The van der Waals surface area contributed by atoms with Crippen LogP contribution in [0.1, 0.15) is 33.1 Å². The van der Waals surface area contributed by atoms with E-state index in [-0.39, 0.29) is 6.42 Å². The molecule has 1 N–H and O–H groups in total. The van der Waals surface area contributed by atoms with Crippen molar-refractivity contribution >= 4 is 17.8 Å². The Hall–Kier alpha value is -1.59. The first-order valence-corrected chi connectivity index (χ1v) is 5.40. The van der Waals surface area contributed by atoms with Gasteiger partial charge in [-0.05, 0) is 6.42 Å². The third kappa shape index (κ3) is 3.72. The number of unbranched alkanes of at least 4 members (excludes halogenated alkanes) is 1. The molecule has 0 unspecified atom stereocenters. The van der Waals surface area contributed by atoms with Gasteiger partial charge in [-0.15, -0.1) is 0 Å². The largest absolute Gasteiger partial charge is 0.467 e. The molecular weight excluding hydrogens is 226 g/mol. The average Bonchev–Trinajstić information content (AvgIpc) is 2.31. The van der Waals surface area contributed by atoms with E-state index in [1.54, 1.807) is 0 Å². The van der Waals surface area contributed by atoms with E-state index in [1.807, 2.05) is 6.92 Å². The number of hydrogen-bond donors (Lipinski definition) is 1. The summed E-state index contributed by atoms with van der Waals surface area (Å²) in [5, 5.41) is 2.34. The fraction of sp³-hybridized carbons (Fsp3) is 0.727. The van der Waals surface area contributed by atoms with Gasteiger partial charge in [-0.25, -0.2) is 9.59 Å². The fourth-order valence-corrected chi connectivity index (χ4v) is 1.54. The van der Waals surface area contributed by atoms with Gasteiger partial charge in [0.1, 0.15) is 0 Å². The Kier molecular flexibility index (Phi) is 6.23. The monoisotopic (exact) mass is 245 g/mol. The molecule has 0 rings (SSSR count). The Morgan fingerprint density at radius 1 is 1.12 bits per heavy atom. The molecule has 0 atom stereocenters. The molecule has 0 saturated carbocycles. The zero-order chi connectivity index (χ0) is 13.5. The molecule has 0 aromatic rings. The molecule has 1 amide bonds. The van der Waals surface area contributed by atoms with Crippen molar-refractivity contribution in [3.8, 4) is 0 Å². The van der Waals surface area contributed by atoms with E-state index < -0.39 is 23.4 Å². The lowest BCUT2D eigenvalue weighted by Gasteiger charge is -2.28. The van der Waals surface area contributed by atoms with Crippen molar-refractivity contribution in [1.82, 2.24) is 5.32 Å². The van der Waals surface area contributed by atoms with Crippen LogP contribution in [0.5, 0.6) is 0 Å². The Labute approximate surface area is 101 Å². The molecular formula is C11H19NO5. The number of amides is 1. The number of rotatable bonds is 6. The first-order chi connectivity index (χ1) is 7.94. The van der Waals surface area contributed by atoms with Crippen LogP contribution in [0.15, 0.2) is 0 Å². The number of ether oxygens (including phenoxy) is 2. The SMILES string of the molecule is CCCCC(NC(C)=O)(C(=O)OC)C(=O)OC. The molecule has 0 fully saturated rings. The van der Waals surface area contributed by atoms with Gasteiger partial charge in [0.25, 0.3) is 0 Å². The lowest BCUT2D eigenvalue weighted by molar-refractivity contribution is -0.165. The first-order valence-electron chi connectivity index (χ1n) is 5.40. The highest BCUT2D eigenvalue weighted by molar-refractivity contribution is 6.07. The number of esters is 2. The van der Waals surface area contributed by atoms with Crippen molar-refractivity contribution in [2.24, 2.45) is 0 Å². The van der Waals surface area contributed by atoms with Crippen molar-refractivity contribution in [1.29, 1.82) is 0 Å². The Balaban J connectivity index is 5.26. The lowest BCUT2D eigenvalue weighted by atomic mass is 9.92. The Bertz CT molecular complexity index is 284. The van der Waals surface area contributed by atoms with E-state index in [1.165, 1.54) is 6.92 Å². The summed E-state index contributed by atoms with van der Waals surface area (Å²) in [6.07, 6.45) is 1.52. The molecule has 0 aliphatic rings. The molecule has 0 spiro atoms. The maximum atomic E-state index is 11.7. The summed E-state index contributed by atoms with van der Waals surface area (Å²) < 4.78 is 9.16. The van der Waals surface area contributed by atoms with Crippen LogP contribution in [0.2, 0.25) is 0 Å². The van der Waals surface area contributed by atoms with Crippen molar-refractivity contribution in [3.63, 3.8) is 0 Å². The Morgan fingerprint density at radius 2 is 1.59 bits per heavy atom. The molecule has 6 nitrogen and oxygen atoms in total. The third-order valence-electron chi connectivity index (χ3n) is 2.36. The lowest BCUT2D eigenvalue weighted by Crippen LogP contribution is -2.60. The summed E-state index contributed by atoms with van der Waals surface area (Å²) in [4.78, 5) is 34.6. The average molecular weight is 245 g/mol. The number of methoxy groups -OCH3 is 2. The van der Waals surface area contributed by atoms with Gasteiger partial charge >= 0.3 is 11.9 Å². The van der Waals surface area contributed by atoms with Gasteiger partial charge < -0.3 is 14.8 Å². The highest BCUT2D eigenvalue weighted by atomic mass is 16.5. The van der Waals surface area contributed by atoms with Crippen LogP contribution in [0.3, 0.4) is 0 Å². The zero-order valence-electron chi connectivity index (χ0n) is 10.7. The molecule has 0 aromatic carbocycles. The van der Waals surface area contributed by atoms with E-state index in [9.17, 15) is 14.4 Å². The molecule has 0 aromatic heterocycles. The summed E-state index contributed by atoms with van der Waals surface area (Å²) >= 11 is 0. The van der Waals surface area contributed by atoms with Gasteiger partial charge in [0.2, 0.25) is 11.4 Å². The summed E-state index contributed by atoms with van der Waals surface area (Å²) in [6.45, 7) is 3.14. The third-order valence-corrected chi connectivity index (χ3v) is 2.36. The van der Waals surface area contributed by atoms with Crippen LogP contribution < -0.4 is 5.32 Å². The predicted octanol–water partition coefficient (Wildman–Crippen LogP) is 0.397. The van der Waals surface area contributed by atoms with E-state index in [4.69, 9.17) is 0 Å². The van der Waals surface area contributed by atoms with Crippen molar-refractivity contribution in [2.45, 2.75) is 38.6 Å². The standard InChI is InChI=1S/C11H19NO5/c1-5-6-7-11(9(14)16-3,10(15)17-4)12-8(2)13/h5-7H2,1-4H3,(H,12,13). The second-order valence-corrected chi connectivity index (χ2v) is 3.67. The fourth-order valence-electron chi connectivity index (χ4n) is 1.54. The van der Waals surface area contributed by atoms with Crippen LogP contribution >= 0.6 is 0 Å². The number of carbonyl (C=O) groups is 3. The highest BCUT2D eigenvalue weighted by Crippen LogP contribution is 2.18. The van der Waals surface area contributed by atoms with Crippen LogP contribution in [0, 0.1) is 0 Å². The maximum absolute atomic E-state index is 11.7. The minimum atomic E-state index is -1.73. The van der Waals surface area contributed by atoms with E-state index >= 15 is 0 Å². The second-order valence-electron chi connectivity index (χ2n) is 3.67. The molecule has 0 aliphatic heterocycles. The number of nitrogens with one attached hydrogen (secondary N) is 1. The van der Waals surface area contributed by atoms with Gasteiger partial charge in [-0.1, -0.05) is 19.8 Å². The van der Waals surface area contributed by atoms with Crippen LogP contribution in [-0.2, 0) is 23.9 Å². The number of carbonyl (C=O) groups excluding carboxylic acids is 3. The predicted molar refractivity (Wildman–Crippen MR) is 60.1 cm³/mol. The minimum absolute atomic E-state index is 0.155. The molecule has 17 heavy (non-hydrogen) atoms. The van der Waals surface area contributed by atoms with Crippen molar-refractivity contribution < 1.29 is 23.9 Å². The first kappa shape index (κ1) is 15.4. The molecule has 98 valence electrons.